The molecule has 0 aromatic heterocycles. The molecule has 0 radical (unpaired) electrons. The summed E-state index contributed by atoms with van der Waals surface area (Å²) >= 11 is 0. The van der Waals surface area contributed by atoms with Crippen LogP contribution in [0.1, 0.15) is 12.8 Å². The smallest absolute Gasteiger partial charge is 0.236 e. The molecule has 1 aliphatic rings. The van der Waals surface area contributed by atoms with Gasteiger partial charge in [-0.1, -0.05) is 0 Å². The number of carbonyl (C=O) groups excluding carboxylic acids is 1. The third kappa shape index (κ3) is 3.25. The molecule has 82 valence electrons. The molecule has 1 atom stereocenters. The molecule has 5 heteroatoms. The maximum Gasteiger partial charge on any atom is 0.236 e. The van der Waals surface area contributed by atoms with Crippen LogP contribution in [0.4, 0.5) is 0 Å². The molecule has 0 bridgehead atoms. The van der Waals surface area contributed by atoms with Crippen molar-refractivity contribution in [2.24, 2.45) is 5.73 Å². The van der Waals surface area contributed by atoms with Gasteiger partial charge in [0, 0.05) is 13.1 Å². The lowest BCUT2D eigenvalue weighted by Gasteiger charge is -2.32. The number of hydrogen-bond donors (Lipinski definition) is 2. The van der Waals surface area contributed by atoms with E-state index >= 15 is 0 Å². The van der Waals surface area contributed by atoms with Crippen LogP contribution < -0.4 is 5.73 Å². The van der Waals surface area contributed by atoms with Crippen molar-refractivity contribution >= 4 is 5.91 Å². The van der Waals surface area contributed by atoms with E-state index in [1.165, 1.54) is 0 Å². The second kappa shape index (κ2) is 5.95. The summed E-state index contributed by atoms with van der Waals surface area (Å²) in [4.78, 5) is 13.0. The molecule has 1 rings (SSSR count). The largest absolute Gasteiger partial charge is 0.394 e. The fraction of sp³-hybridized carbons (Fsp3) is 0.889. The third-order valence-corrected chi connectivity index (χ3v) is 2.35. The van der Waals surface area contributed by atoms with E-state index in [4.69, 9.17) is 15.6 Å². The van der Waals surface area contributed by atoms with E-state index < -0.39 is 0 Å². The number of likely N-dealkylation sites (tertiary alicyclic amines) is 1. The highest BCUT2D eigenvalue weighted by Crippen LogP contribution is 2.12. The third-order valence-electron chi connectivity index (χ3n) is 2.35. The summed E-state index contributed by atoms with van der Waals surface area (Å²) in [5, 5.41) is 8.59. The van der Waals surface area contributed by atoms with E-state index in [0.717, 1.165) is 19.4 Å². The van der Waals surface area contributed by atoms with E-state index in [1.807, 2.05) is 0 Å². The molecule has 0 spiro atoms. The molecule has 14 heavy (non-hydrogen) atoms. The Morgan fingerprint density at radius 3 is 3.07 bits per heavy atom. The topological polar surface area (TPSA) is 75.8 Å². The normalized spacial score (nSPS) is 22.4. The first-order valence-electron chi connectivity index (χ1n) is 4.98. The molecular weight excluding hydrogens is 184 g/mol. The molecule has 0 saturated carbocycles. The second-order valence-electron chi connectivity index (χ2n) is 3.40. The van der Waals surface area contributed by atoms with E-state index in [-0.39, 0.29) is 25.2 Å². The van der Waals surface area contributed by atoms with Crippen LogP contribution in [0.15, 0.2) is 0 Å². The number of nitrogens with two attached hydrogens (primary N) is 1. The summed E-state index contributed by atoms with van der Waals surface area (Å²) in [5.41, 5.74) is 5.28. The number of amides is 1. The fourth-order valence-corrected chi connectivity index (χ4v) is 1.65. The molecule has 5 nitrogen and oxygen atoms in total. The van der Waals surface area contributed by atoms with Crippen LogP contribution in [-0.4, -0.2) is 54.9 Å². The van der Waals surface area contributed by atoms with Gasteiger partial charge in [0.2, 0.25) is 5.91 Å². The maximum absolute atomic E-state index is 11.3. The van der Waals surface area contributed by atoms with Crippen LogP contribution in [0.25, 0.3) is 0 Å². The molecule has 1 heterocycles. The average Bonchev–Trinajstić information content (AvgIpc) is 2.25. The SMILES string of the molecule is NCC(=O)N1CCCC(OCCO)C1. The van der Waals surface area contributed by atoms with Crippen LogP contribution in [-0.2, 0) is 9.53 Å². The van der Waals surface area contributed by atoms with Crippen molar-refractivity contribution in [2.75, 3.05) is 32.8 Å². The van der Waals surface area contributed by atoms with Gasteiger partial charge >= 0.3 is 0 Å². The number of nitrogens with zero attached hydrogens (tertiary/aromatic N) is 1. The molecule has 1 amide bonds. The number of aliphatic hydroxyl groups excluding tert-OH is 1. The Balaban J connectivity index is 2.31. The van der Waals surface area contributed by atoms with Crippen LogP contribution >= 0.6 is 0 Å². The van der Waals surface area contributed by atoms with Crippen molar-refractivity contribution in [3.63, 3.8) is 0 Å². The molecular formula is C9H18N2O3. The molecule has 1 saturated heterocycles. The summed E-state index contributed by atoms with van der Waals surface area (Å²) < 4.78 is 5.37. The summed E-state index contributed by atoms with van der Waals surface area (Å²) in [7, 11) is 0. The van der Waals surface area contributed by atoms with Gasteiger partial charge in [-0.05, 0) is 12.8 Å². The van der Waals surface area contributed by atoms with Crippen molar-refractivity contribution < 1.29 is 14.6 Å². The van der Waals surface area contributed by atoms with Crippen LogP contribution in [0, 0.1) is 0 Å². The highest BCUT2D eigenvalue weighted by Gasteiger charge is 2.22. The summed E-state index contributed by atoms with van der Waals surface area (Å²) in [6, 6.07) is 0. The van der Waals surface area contributed by atoms with Crippen LogP contribution in [0.2, 0.25) is 0 Å². The highest BCUT2D eigenvalue weighted by atomic mass is 16.5. The number of carbonyl (C=O) groups is 1. The molecule has 3 N–H and O–H groups in total. The van der Waals surface area contributed by atoms with Gasteiger partial charge < -0.3 is 20.5 Å². The predicted molar refractivity (Wildman–Crippen MR) is 51.7 cm³/mol. The van der Waals surface area contributed by atoms with Crippen molar-refractivity contribution in [2.45, 2.75) is 18.9 Å². The molecule has 1 fully saturated rings. The maximum atomic E-state index is 11.3. The predicted octanol–water partition coefficient (Wildman–Crippen LogP) is -1.05. The first-order chi connectivity index (χ1) is 6.77. The minimum absolute atomic E-state index is 0.0256. The lowest BCUT2D eigenvalue weighted by Crippen LogP contribution is -2.45. The van der Waals surface area contributed by atoms with Crippen molar-refractivity contribution in [1.82, 2.24) is 4.90 Å². The monoisotopic (exact) mass is 202 g/mol. The minimum atomic E-state index is -0.0256. The highest BCUT2D eigenvalue weighted by molar-refractivity contribution is 5.78. The Labute approximate surface area is 83.8 Å². The molecule has 0 aromatic rings. The lowest BCUT2D eigenvalue weighted by molar-refractivity contribution is -0.134. The van der Waals surface area contributed by atoms with Gasteiger partial charge in [-0.25, -0.2) is 0 Å². The average molecular weight is 202 g/mol. The Bertz CT molecular complexity index is 187. The van der Waals surface area contributed by atoms with Gasteiger partial charge in [0.25, 0.3) is 0 Å². The first-order valence-corrected chi connectivity index (χ1v) is 4.98. The summed E-state index contributed by atoms with van der Waals surface area (Å²) in [6.07, 6.45) is 1.96. The molecule has 0 aromatic carbocycles. The molecule has 0 aliphatic carbocycles. The number of piperidine rings is 1. The minimum Gasteiger partial charge on any atom is -0.394 e. The van der Waals surface area contributed by atoms with Gasteiger partial charge in [-0.15, -0.1) is 0 Å². The Morgan fingerprint density at radius 1 is 1.64 bits per heavy atom. The van der Waals surface area contributed by atoms with Gasteiger partial charge in [0.15, 0.2) is 0 Å². The van der Waals surface area contributed by atoms with Gasteiger partial charge in [-0.3, -0.25) is 4.79 Å². The Hall–Kier alpha value is -0.650. The van der Waals surface area contributed by atoms with Crippen molar-refractivity contribution in [3.8, 4) is 0 Å². The zero-order valence-corrected chi connectivity index (χ0v) is 8.32. The standard InChI is InChI=1S/C9H18N2O3/c10-6-9(13)11-3-1-2-8(7-11)14-5-4-12/h8,12H,1-7,10H2. The molecule has 1 aliphatic heterocycles. The summed E-state index contributed by atoms with van der Waals surface area (Å²) in [5.74, 6) is -0.0256. The van der Waals surface area contributed by atoms with Crippen LogP contribution in [0.3, 0.4) is 0 Å². The van der Waals surface area contributed by atoms with Crippen molar-refractivity contribution in [3.05, 3.63) is 0 Å². The molecule has 1 unspecified atom stereocenters. The first kappa shape index (κ1) is 11.4. The lowest BCUT2D eigenvalue weighted by atomic mass is 10.1. The Kier molecular flexibility index (Phi) is 4.86. The van der Waals surface area contributed by atoms with Gasteiger partial charge in [-0.2, -0.15) is 0 Å². The summed E-state index contributed by atoms with van der Waals surface area (Å²) in [6.45, 7) is 1.81. The van der Waals surface area contributed by atoms with Gasteiger partial charge in [0.05, 0.1) is 25.9 Å². The number of rotatable bonds is 4. The Morgan fingerprint density at radius 2 is 2.43 bits per heavy atom. The fourth-order valence-electron chi connectivity index (χ4n) is 1.65. The van der Waals surface area contributed by atoms with Gasteiger partial charge in [0.1, 0.15) is 0 Å². The number of hydrogen-bond acceptors (Lipinski definition) is 4. The van der Waals surface area contributed by atoms with E-state index in [0.29, 0.717) is 13.2 Å². The zero-order valence-electron chi connectivity index (χ0n) is 8.32. The van der Waals surface area contributed by atoms with Crippen molar-refractivity contribution in [1.29, 1.82) is 0 Å². The number of aliphatic hydroxyl groups is 1. The zero-order chi connectivity index (χ0) is 10.4. The van der Waals surface area contributed by atoms with Crippen LogP contribution in [0.5, 0.6) is 0 Å². The van der Waals surface area contributed by atoms with E-state index in [9.17, 15) is 4.79 Å². The second-order valence-corrected chi connectivity index (χ2v) is 3.40. The number of ether oxygens (including phenoxy) is 1. The van der Waals surface area contributed by atoms with E-state index in [2.05, 4.69) is 0 Å². The van der Waals surface area contributed by atoms with E-state index in [1.54, 1.807) is 4.90 Å². The quantitative estimate of drug-likeness (QED) is 0.609.